The molecule has 0 aromatic heterocycles. The lowest BCUT2D eigenvalue weighted by molar-refractivity contribution is -0.142. The summed E-state index contributed by atoms with van der Waals surface area (Å²) in [6.45, 7) is 1.41. The Bertz CT molecular complexity index is 821. The monoisotopic (exact) mass is 665 g/mol. The molecule has 0 aliphatic carbocycles. The third-order valence-corrected chi connectivity index (χ3v) is 6.67. The molecular formula is C31H56FN3O11. The molecule has 15 heteroatoms. The number of amides is 3. The molecule has 0 spiro atoms. The summed E-state index contributed by atoms with van der Waals surface area (Å²) in [6.07, 6.45) is 10.1. The largest absolute Gasteiger partial charge is 0.481 e. The molecule has 14 nitrogen and oxygen atoms in total. The van der Waals surface area contributed by atoms with E-state index in [-0.39, 0.29) is 83.0 Å². The van der Waals surface area contributed by atoms with Crippen molar-refractivity contribution in [3.8, 4) is 0 Å². The van der Waals surface area contributed by atoms with Crippen LogP contribution in [-0.2, 0) is 42.9 Å². The molecule has 3 amide bonds. The fourth-order valence-corrected chi connectivity index (χ4v) is 4.20. The first-order valence-electron chi connectivity index (χ1n) is 16.4. The van der Waals surface area contributed by atoms with Gasteiger partial charge in [0.05, 0.1) is 46.2 Å². The minimum atomic E-state index is -1.19. The molecule has 0 rings (SSSR count). The first-order valence-corrected chi connectivity index (χ1v) is 16.4. The van der Waals surface area contributed by atoms with Crippen LogP contribution in [0.15, 0.2) is 0 Å². The molecule has 0 fully saturated rings. The molecular weight excluding hydrogens is 609 g/mol. The van der Waals surface area contributed by atoms with E-state index in [4.69, 9.17) is 24.1 Å². The van der Waals surface area contributed by atoms with Gasteiger partial charge in [-0.1, -0.05) is 51.4 Å². The predicted molar refractivity (Wildman–Crippen MR) is 167 cm³/mol. The van der Waals surface area contributed by atoms with Crippen LogP contribution in [0, 0.1) is 0 Å². The molecule has 0 saturated carbocycles. The highest BCUT2D eigenvalue weighted by molar-refractivity contribution is 5.84. The van der Waals surface area contributed by atoms with Gasteiger partial charge in [-0.05, 0) is 19.3 Å². The number of aliphatic carboxylic acids is 2. The Kier molecular flexibility index (Phi) is 30.1. The summed E-state index contributed by atoms with van der Waals surface area (Å²) in [4.78, 5) is 57.9. The second-order valence-electron chi connectivity index (χ2n) is 10.7. The third kappa shape index (κ3) is 31.1. The highest BCUT2D eigenvalue weighted by Crippen LogP contribution is 2.12. The number of unbranched alkanes of at least 4 members (excludes halogenated alkanes) is 9. The molecule has 0 aliphatic heterocycles. The number of rotatable bonds is 34. The second kappa shape index (κ2) is 32.1. The minimum Gasteiger partial charge on any atom is -0.481 e. The van der Waals surface area contributed by atoms with E-state index in [9.17, 15) is 33.5 Å². The molecule has 0 aromatic carbocycles. The molecule has 0 heterocycles. The van der Waals surface area contributed by atoms with Gasteiger partial charge >= 0.3 is 11.9 Å². The average molecular weight is 666 g/mol. The Labute approximate surface area is 271 Å². The highest BCUT2D eigenvalue weighted by Gasteiger charge is 2.20. The Hall–Kier alpha value is -2.88. The molecule has 46 heavy (non-hydrogen) atoms. The van der Waals surface area contributed by atoms with Gasteiger partial charge in [0.1, 0.15) is 19.3 Å². The van der Waals surface area contributed by atoms with Gasteiger partial charge in [0.15, 0.2) is 0 Å². The van der Waals surface area contributed by atoms with Gasteiger partial charge in [0, 0.05) is 32.4 Å². The summed E-state index contributed by atoms with van der Waals surface area (Å²) in [5.41, 5.74) is 0. The third-order valence-electron chi connectivity index (χ3n) is 6.67. The van der Waals surface area contributed by atoms with Crippen LogP contribution in [0.2, 0.25) is 0 Å². The van der Waals surface area contributed by atoms with Crippen molar-refractivity contribution in [2.24, 2.45) is 0 Å². The van der Waals surface area contributed by atoms with E-state index in [1.54, 1.807) is 0 Å². The van der Waals surface area contributed by atoms with Gasteiger partial charge < -0.3 is 45.1 Å². The van der Waals surface area contributed by atoms with Gasteiger partial charge in [-0.3, -0.25) is 19.2 Å². The van der Waals surface area contributed by atoms with Gasteiger partial charge in [0.25, 0.3) is 0 Å². The highest BCUT2D eigenvalue weighted by atomic mass is 19.1. The fourth-order valence-electron chi connectivity index (χ4n) is 4.20. The number of nitrogens with one attached hydrogen (secondary N) is 3. The summed E-state index contributed by atoms with van der Waals surface area (Å²) in [7, 11) is 0. The van der Waals surface area contributed by atoms with Gasteiger partial charge in [-0.2, -0.15) is 0 Å². The van der Waals surface area contributed by atoms with Crippen LogP contribution in [0.25, 0.3) is 0 Å². The topological polar surface area (TPSA) is 199 Å². The maximum atomic E-state index is 12.2. The summed E-state index contributed by atoms with van der Waals surface area (Å²) >= 11 is 0. The minimum absolute atomic E-state index is 0.0268. The number of carbonyl (C=O) groups is 5. The summed E-state index contributed by atoms with van der Waals surface area (Å²) in [5, 5.41) is 25.8. The Morgan fingerprint density at radius 3 is 1.54 bits per heavy atom. The van der Waals surface area contributed by atoms with E-state index in [0.717, 1.165) is 57.8 Å². The molecule has 0 aliphatic rings. The van der Waals surface area contributed by atoms with Crippen LogP contribution in [0.3, 0.4) is 0 Å². The van der Waals surface area contributed by atoms with Crippen LogP contribution in [0.5, 0.6) is 0 Å². The number of alkyl halides is 1. The van der Waals surface area contributed by atoms with Crippen molar-refractivity contribution in [3.63, 3.8) is 0 Å². The molecule has 0 saturated heterocycles. The Morgan fingerprint density at radius 1 is 0.543 bits per heavy atom. The van der Waals surface area contributed by atoms with Crippen LogP contribution in [0.1, 0.15) is 89.9 Å². The van der Waals surface area contributed by atoms with Crippen molar-refractivity contribution in [1.82, 2.24) is 16.0 Å². The van der Waals surface area contributed by atoms with E-state index < -0.39 is 24.7 Å². The lowest BCUT2D eigenvalue weighted by Crippen LogP contribution is -2.41. The van der Waals surface area contributed by atoms with Crippen molar-refractivity contribution in [1.29, 1.82) is 0 Å². The maximum absolute atomic E-state index is 12.2. The van der Waals surface area contributed by atoms with E-state index in [2.05, 4.69) is 16.0 Å². The first-order chi connectivity index (χ1) is 22.3. The van der Waals surface area contributed by atoms with E-state index >= 15 is 0 Å². The molecule has 1 unspecified atom stereocenters. The lowest BCUT2D eigenvalue weighted by atomic mass is 10.0. The SMILES string of the molecule is O=C(O)CCCCCCCCCCCCC(=O)NC(CCC(=O)NCCOCCOCC(=O)NCCOCCOCCF)C(=O)O. The predicted octanol–water partition coefficient (Wildman–Crippen LogP) is 2.37. The van der Waals surface area contributed by atoms with Crippen LogP contribution < -0.4 is 16.0 Å². The van der Waals surface area contributed by atoms with Crippen LogP contribution >= 0.6 is 0 Å². The number of halogens is 1. The second-order valence-corrected chi connectivity index (χ2v) is 10.7. The summed E-state index contributed by atoms with van der Waals surface area (Å²) < 4.78 is 32.5. The molecule has 0 aromatic rings. The Morgan fingerprint density at radius 2 is 1.02 bits per heavy atom. The van der Waals surface area contributed by atoms with Gasteiger partial charge in [-0.15, -0.1) is 0 Å². The molecule has 5 N–H and O–H groups in total. The van der Waals surface area contributed by atoms with E-state index in [0.29, 0.717) is 32.8 Å². The molecule has 0 radical (unpaired) electrons. The Balaban J connectivity index is 3.70. The van der Waals surface area contributed by atoms with E-state index in [1.165, 1.54) is 0 Å². The number of carbonyl (C=O) groups excluding carboxylic acids is 3. The van der Waals surface area contributed by atoms with Crippen molar-refractivity contribution < 1.29 is 57.5 Å². The quantitative estimate of drug-likeness (QED) is 0.0633. The first kappa shape index (κ1) is 43.1. The normalized spacial score (nSPS) is 11.6. The molecule has 268 valence electrons. The lowest BCUT2D eigenvalue weighted by Gasteiger charge is -2.14. The van der Waals surface area contributed by atoms with Crippen molar-refractivity contribution >= 4 is 29.7 Å². The molecule has 0 bridgehead atoms. The van der Waals surface area contributed by atoms with Gasteiger partial charge in [0.2, 0.25) is 17.7 Å². The number of hydrogen-bond acceptors (Lipinski definition) is 9. The maximum Gasteiger partial charge on any atom is 0.326 e. The van der Waals surface area contributed by atoms with Crippen molar-refractivity contribution in [2.75, 3.05) is 72.6 Å². The standard InChI is InChI=1S/C31H56FN3O11/c32-15-18-43-21-22-44-20-17-34-29(38)25-46-24-23-45-19-16-33-27(36)14-13-26(31(41)42)35-28(37)11-9-7-5-3-1-2-4-6-8-10-12-30(39)40/h26H,1-25H2,(H,33,36)(H,34,38)(H,35,37)(H,39,40)(H,41,42). The van der Waals surface area contributed by atoms with Crippen LogP contribution in [0.4, 0.5) is 4.39 Å². The average Bonchev–Trinajstić information content (AvgIpc) is 3.02. The zero-order valence-electron chi connectivity index (χ0n) is 27.2. The van der Waals surface area contributed by atoms with Gasteiger partial charge in [-0.25, -0.2) is 9.18 Å². The smallest absolute Gasteiger partial charge is 0.326 e. The fraction of sp³-hybridized carbons (Fsp3) is 0.839. The number of ether oxygens (including phenoxy) is 4. The molecule has 1 atom stereocenters. The number of carboxylic acid groups (broad SMARTS) is 2. The van der Waals surface area contributed by atoms with Crippen LogP contribution in [-0.4, -0.2) is 119 Å². The van der Waals surface area contributed by atoms with Crippen molar-refractivity contribution in [2.45, 2.75) is 95.9 Å². The zero-order valence-corrected chi connectivity index (χ0v) is 27.2. The number of carboxylic acids is 2. The number of hydrogen-bond donors (Lipinski definition) is 5. The summed E-state index contributed by atoms with van der Waals surface area (Å²) in [5.74, 6) is -2.93. The van der Waals surface area contributed by atoms with E-state index in [1.807, 2.05) is 0 Å². The summed E-state index contributed by atoms with van der Waals surface area (Å²) in [6, 6.07) is -1.14. The van der Waals surface area contributed by atoms with Crippen molar-refractivity contribution in [3.05, 3.63) is 0 Å². The zero-order chi connectivity index (χ0) is 34.1.